The molecule has 0 radical (unpaired) electrons. The molecule has 9 nitrogen and oxygen atoms in total. The topological polar surface area (TPSA) is 102 Å². The molecule has 0 saturated carbocycles. The van der Waals surface area contributed by atoms with Crippen LogP contribution in [0.1, 0.15) is 18.0 Å². The van der Waals surface area contributed by atoms with E-state index in [9.17, 15) is 29.0 Å². The number of methoxy groups -OCH3 is 1. The van der Waals surface area contributed by atoms with E-state index < -0.39 is 39.0 Å². The van der Waals surface area contributed by atoms with Gasteiger partial charge in [-0.15, -0.1) is 0 Å². The second-order valence-electron chi connectivity index (χ2n) is 9.76. The van der Waals surface area contributed by atoms with Gasteiger partial charge in [0.15, 0.2) is 11.5 Å². The van der Waals surface area contributed by atoms with Gasteiger partial charge in [-0.05, 0) is 48.9 Å². The number of halogens is 5. The summed E-state index contributed by atoms with van der Waals surface area (Å²) in [7, 11) is -8.53. The van der Waals surface area contributed by atoms with Crippen molar-refractivity contribution in [1.29, 1.82) is 0 Å². The predicted molar refractivity (Wildman–Crippen MR) is 146 cm³/mol. The highest BCUT2D eigenvalue weighted by Crippen LogP contribution is 3.02. The number of aromatic nitrogens is 1. The van der Waals surface area contributed by atoms with Gasteiger partial charge in [0, 0.05) is 49.1 Å². The minimum Gasteiger partial charge on any atom is -0.486 e. The molecule has 3 aromatic rings. The number of carbonyl (C=O) groups is 2. The Bertz CT molecular complexity index is 1480. The van der Waals surface area contributed by atoms with Crippen molar-refractivity contribution in [2.75, 3.05) is 37.1 Å². The van der Waals surface area contributed by atoms with E-state index in [2.05, 4.69) is 15.6 Å². The van der Waals surface area contributed by atoms with Gasteiger partial charge in [0.05, 0.1) is 12.1 Å². The molecule has 5 rings (SSSR count). The maximum absolute atomic E-state index is 14.0. The molecular formula is C27H27F5N4O5S. The van der Waals surface area contributed by atoms with Crippen molar-refractivity contribution < 1.29 is 43.2 Å². The number of ether oxygens (including phenoxy) is 3. The number of benzene rings is 2. The summed E-state index contributed by atoms with van der Waals surface area (Å²) in [4.78, 5) is 30.8. The quantitative estimate of drug-likeness (QED) is 0.319. The third-order valence-corrected chi connectivity index (χ3v) is 8.00. The van der Waals surface area contributed by atoms with Crippen molar-refractivity contribution in [2.45, 2.75) is 29.5 Å². The van der Waals surface area contributed by atoms with Gasteiger partial charge in [-0.1, -0.05) is 25.5 Å². The Labute approximate surface area is 237 Å². The maximum Gasteiger partial charge on any atom is 0.310 e. The van der Waals surface area contributed by atoms with E-state index in [4.69, 9.17) is 14.2 Å². The Balaban J connectivity index is 1.57. The summed E-state index contributed by atoms with van der Waals surface area (Å²) < 4.78 is 83.8. The molecule has 42 heavy (non-hydrogen) atoms. The molecule has 0 spiro atoms. The lowest BCUT2D eigenvalue weighted by molar-refractivity contribution is -0.125. The molecule has 1 fully saturated rings. The number of fused-ring (bicyclic) bond motifs is 1. The van der Waals surface area contributed by atoms with E-state index in [0.717, 1.165) is 17.0 Å². The monoisotopic (exact) mass is 614 g/mol. The van der Waals surface area contributed by atoms with Crippen LogP contribution in [0.3, 0.4) is 0 Å². The summed E-state index contributed by atoms with van der Waals surface area (Å²) in [5.41, 5.74) is 0.304. The first-order chi connectivity index (χ1) is 19.7. The third kappa shape index (κ3) is 6.42. The van der Waals surface area contributed by atoms with E-state index >= 15 is 0 Å². The van der Waals surface area contributed by atoms with Crippen LogP contribution in [0.5, 0.6) is 11.5 Å². The van der Waals surface area contributed by atoms with Gasteiger partial charge in [0.2, 0.25) is 5.91 Å². The molecule has 15 heteroatoms. The van der Waals surface area contributed by atoms with Crippen LogP contribution < -0.4 is 25.0 Å². The lowest BCUT2D eigenvalue weighted by Crippen LogP contribution is -2.48. The van der Waals surface area contributed by atoms with Crippen LogP contribution in [0.4, 0.5) is 30.8 Å². The van der Waals surface area contributed by atoms with E-state index in [1.807, 2.05) is 0 Å². The Morgan fingerprint density at radius 3 is 2.38 bits per heavy atom. The fourth-order valence-corrected chi connectivity index (χ4v) is 5.44. The average molecular weight is 615 g/mol. The summed E-state index contributed by atoms with van der Waals surface area (Å²) >= 11 is 0. The Kier molecular flexibility index (Phi) is 7.31. The standard InChI is InChI=1S/C27H27F5N4O5S/c1-39-20-14-22(34-16-20)27(38)36(19-5-7-21(8-6-19)42(28,29,30,31)32)25(17-3-2-10-33-15-17)26(37)35-18-4-9-23-24(13-18)41-12-11-40-23/h2-10,13,15,20,22,25,34H,11-12,14,16H2,1H3,(H,35,37). The molecule has 1 saturated heterocycles. The van der Waals surface area contributed by atoms with Crippen molar-refractivity contribution in [3.05, 3.63) is 72.6 Å². The van der Waals surface area contributed by atoms with Crippen LogP contribution in [0.2, 0.25) is 0 Å². The highest BCUT2D eigenvalue weighted by atomic mass is 32.5. The Morgan fingerprint density at radius 2 is 1.76 bits per heavy atom. The SMILES string of the molecule is COC1CNC(C(=O)N(c2ccc(S(F)(F)(F)(F)F)cc2)C(C(=O)Nc2ccc3c(c2)OCCO3)c2cccnc2)C1. The van der Waals surface area contributed by atoms with Gasteiger partial charge in [0.1, 0.15) is 24.2 Å². The molecule has 3 atom stereocenters. The fourth-order valence-electron chi connectivity index (χ4n) is 4.79. The van der Waals surface area contributed by atoms with Crippen molar-refractivity contribution in [1.82, 2.24) is 10.3 Å². The van der Waals surface area contributed by atoms with Crippen molar-refractivity contribution in [2.24, 2.45) is 0 Å². The molecular weight excluding hydrogens is 587 g/mol. The number of pyridine rings is 1. The predicted octanol–water partition coefficient (Wildman–Crippen LogP) is 5.60. The smallest absolute Gasteiger partial charge is 0.310 e. The second kappa shape index (κ2) is 10.4. The zero-order valence-electron chi connectivity index (χ0n) is 22.1. The lowest BCUT2D eigenvalue weighted by atomic mass is 10.0. The van der Waals surface area contributed by atoms with E-state index in [-0.39, 0.29) is 35.9 Å². The molecule has 3 heterocycles. The molecule has 2 aromatic carbocycles. The average Bonchev–Trinajstić information content (AvgIpc) is 3.44. The van der Waals surface area contributed by atoms with Crippen LogP contribution in [0, 0.1) is 0 Å². The molecule has 0 aliphatic carbocycles. The number of hydrogen-bond acceptors (Lipinski definition) is 7. The van der Waals surface area contributed by atoms with Crippen LogP contribution in [-0.4, -0.2) is 55.8 Å². The van der Waals surface area contributed by atoms with Crippen molar-refractivity contribution >= 4 is 33.4 Å². The van der Waals surface area contributed by atoms with E-state index in [1.54, 1.807) is 12.1 Å². The largest absolute Gasteiger partial charge is 0.486 e. The number of amides is 2. The molecule has 2 N–H and O–H groups in total. The summed E-state index contributed by atoms with van der Waals surface area (Å²) in [6, 6.07) is 7.28. The van der Waals surface area contributed by atoms with Gasteiger partial charge in [-0.3, -0.25) is 19.5 Å². The molecule has 3 unspecified atom stereocenters. The first kappa shape index (κ1) is 29.5. The molecule has 1 aromatic heterocycles. The minimum absolute atomic E-state index is 0.205. The normalized spacial score (nSPS) is 20.6. The van der Waals surface area contributed by atoms with Gasteiger partial charge in [-0.2, -0.15) is 0 Å². The van der Waals surface area contributed by atoms with Gasteiger partial charge >= 0.3 is 10.2 Å². The fraction of sp³-hybridized carbons (Fsp3) is 0.296. The first-order valence-electron chi connectivity index (χ1n) is 12.8. The van der Waals surface area contributed by atoms with Gasteiger partial charge < -0.3 is 24.8 Å². The zero-order chi connectivity index (χ0) is 30.2. The first-order valence-corrected chi connectivity index (χ1v) is 14.7. The van der Waals surface area contributed by atoms with E-state index in [0.29, 0.717) is 36.9 Å². The zero-order valence-corrected chi connectivity index (χ0v) is 23.0. The van der Waals surface area contributed by atoms with Crippen molar-refractivity contribution in [3.63, 3.8) is 0 Å². The summed E-state index contributed by atoms with van der Waals surface area (Å²) in [6.07, 6.45) is 2.65. The summed E-state index contributed by atoms with van der Waals surface area (Å²) in [5.74, 6) is -0.562. The number of carbonyl (C=O) groups excluding carboxylic acids is 2. The lowest BCUT2D eigenvalue weighted by Gasteiger charge is -2.41. The molecule has 2 aliphatic rings. The van der Waals surface area contributed by atoms with Gasteiger partial charge in [-0.25, -0.2) is 0 Å². The summed E-state index contributed by atoms with van der Waals surface area (Å²) in [5, 5.41) is 5.71. The second-order valence-corrected chi connectivity index (χ2v) is 12.2. The van der Waals surface area contributed by atoms with Crippen LogP contribution in [-0.2, 0) is 14.3 Å². The Morgan fingerprint density at radius 1 is 1.05 bits per heavy atom. The Hall–Kier alpha value is -3.95. The van der Waals surface area contributed by atoms with Crippen LogP contribution >= 0.6 is 10.2 Å². The number of anilines is 2. The molecule has 226 valence electrons. The minimum atomic E-state index is -10.00. The van der Waals surface area contributed by atoms with E-state index in [1.165, 1.54) is 37.7 Å². The van der Waals surface area contributed by atoms with Crippen LogP contribution in [0.15, 0.2) is 71.9 Å². The summed E-state index contributed by atoms with van der Waals surface area (Å²) in [6.45, 7) is 0.973. The third-order valence-electron chi connectivity index (χ3n) is 6.84. The molecule has 2 amide bonds. The number of nitrogens with zero attached hydrogens (tertiary/aromatic N) is 2. The molecule has 0 bridgehead atoms. The van der Waals surface area contributed by atoms with Gasteiger partial charge in [0.25, 0.3) is 5.91 Å². The maximum atomic E-state index is 14.0. The highest BCUT2D eigenvalue weighted by Gasteiger charge is 2.65. The number of rotatable bonds is 8. The van der Waals surface area contributed by atoms with Crippen LogP contribution in [0.25, 0.3) is 0 Å². The van der Waals surface area contributed by atoms with Crippen molar-refractivity contribution in [3.8, 4) is 11.5 Å². The highest BCUT2D eigenvalue weighted by molar-refractivity contribution is 8.45. The number of nitrogens with one attached hydrogen (secondary N) is 2. The number of hydrogen-bond donors (Lipinski definition) is 2. The molecule has 2 aliphatic heterocycles.